The molecule has 2 fully saturated rings. The molecule has 2 aliphatic rings. The number of aromatic nitrogens is 2. The normalized spacial score (nSPS) is 22.5. The second-order valence-electron chi connectivity index (χ2n) is 7.75. The molecule has 6 nitrogen and oxygen atoms in total. The van der Waals surface area contributed by atoms with Crippen molar-refractivity contribution >= 4 is 23.1 Å². The standard InChI is InChI=1S/C21H29FN6/c1-2-15-12-24-21(26-20(15)28-11-9-16(22)13-28)25-18-5-7-19(8-6-18)27-10-3-4-17(23)14-27/h5-8,12,16-17H,2-4,9-11,13-14,23H2,1H3,(H,24,25,26). The predicted octanol–water partition coefficient (Wildman–Crippen LogP) is 3.26. The van der Waals surface area contributed by atoms with E-state index in [4.69, 9.17) is 5.73 Å². The van der Waals surface area contributed by atoms with Gasteiger partial charge in [-0.05, 0) is 49.9 Å². The summed E-state index contributed by atoms with van der Waals surface area (Å²) in [5.74, 6) is 1.39. The van der Waals surface area contributed by atoms with Crippen molar-refractivity contribution in [3.05, 3.63) is 36.0 Å². The van der Waals surface area contributed by atoms with E-state index in [1.165, 1.54) is 5.69 Å². The van der Waals surface area contributed by atoms with Gasteiger partial charge in [-0.2, -0.15) is 4.98 Å². The Balaban J connectivity index is 1.48. The first-order valence-corrected chi connectivity index (χ1v) is 10.2. The lowest BCUT2D eigenvalue weighted by molar-refractivity contribution is 0.364. The van der Waals surface area contributed by atoms with Crippen LogP contribution in [0.2, 0.25) is 0 Å². The van der Waals surface area contributed by atoms with Gasteiger partial charge >= 0.3 is 0 Å². The van der Waals surface area contributed by atoms with Crippen molar-refractivity contribution in [1.82, 2.24) is 9.97 Å². The summed E-state index contributed by atoms with van der Waals surface area (Å²) in [6.07, 6.45) is 4.71. The van der Waals surface area contributed by atoms with Crippen molar-refractivity contribution in [2.45, 2.75) is 44.8 Å². The first-order chi connectivity index (χ1) is 13.6. The van der Waals surface area contributed by atoms with Gasteiger partial charge in [0.25, 0.3) is 0 Å². The minimum Gasteiger partial charge on any atom is -0.370 e. The van der Waals surface area contributed by atoms with Crippen molar-refractivity contribution < 1.29 is 4.39 Å². The number of rotatable bonds is 5. The first-order valence-electron chi connectivity index (χ1n) is 10.2. The average molecular weight is 385 g/mol. The van der Waals surface area contributed by atoms with Crippen LogP contribution in [-0.4, -0.2) is 48.4 Å². The third kappa shape index (κ3) is 4.19. The third-order valence-electron chi connectivity index (χ3n) is 5.60. The van der Waals surface area contributed by atoms with Crippen LogP contribution in [0.3, 0.4) is 0 Å². The number of hydrogen-bond donors (Lipinski definition) is 2. The monoisotopic (exact) mass is 384 g/mol. The van der Waals surface area contributed by atoms with Crippen molar-refractivity contribution in [3.63, 3.8) is 0 Å². The highest BCUT2D eigenvalue weighted by molar-refractivity contribution is 5.61. The van der Waals surface area contributed by atoms with Gasteiger partial charge in [-0.3, -0.25) is 0 Å². The zero-order chi connectivity index (χ0) is 19.5. The lowest BCUT2D eigenvalue weighted by Crippen LogP contribution is -2.42. The predicted molar refractivity (Wildman–Crippen MR) is 112 cm³/mol. The summed E-state index contributed by atoms with van der Waals surface area (Å²) in [6, 6.07) is 8.55. The molecule has 0 spiro atoms. The molecular formula is C21H29FN6. The third-order valence-corrected chi connectivity index (χ3v) is 5.60. The zero-order valence-electron chi connectivity index (χ0n) is 16.4. The Hall–Kier alpha value is -2.41. The molecule has 2 unspecified atom stereocenters. The van der Waals surface area contributed by atoms with Gasteiger partial charge in [0, 0.05) is 48.8 Å². The number of aryl methyl sites for hydroxylation is 1. The molecule has 28 heavy (non-hydrogen) atoms. The van der Waals surface area contributed by atoms with E-state index in [-0.39, 0.29) is 6.04 Å². The fraction of sp³-hybridized carbons (Fsp3) is 0.524. The average Bonchev–Trinajstić information content (AvgIpc) is 3.15. The number of anilines is 4. The lowest BCUT2D eigenvalue weighted by Gasteiger charge is -2.32. The highest BCUT2D eigenvalue weighted by atomic mass is 19.1. The van der Waals surface area contributed by atoms with Crippen molar-refractivity contribution in [2.24, 2.45) is 5.73 Å². The van der Waals surface area contributed by atoms with Crippen LogP contribution in [0.15, 0.2) is 30.5 Å². The molecule has 0 aliphatic carbocycles. The number of nitrogens with two attached hydrogens (primary N) is 1. The van der Waals surface area contributed by atoms with Crippen LogP contribution < -0.4 is 20.9 Å². The van der Waals surface area contributed by atoms with Crippen LogP contribution in [0.5, 0.6) is 0 Å². The molecule has 0 bridgehead atoms. The molecule has 0 radical (unpaired) electrons. The topological polar surface area (TPSA) is 70.3 Å². The van der Waals surface area contributed by atoms with Gasteiger partial charge in [-0.15, -0.1) is 0 Å². The van der Waals surface area contributed by atoms with Gasteiger partial charge in [0.1, 0.15) is 12.0 Å². The quantitative estimate of drug-likeness (QED) is 0.825. The number of piperidine rings is 1. The van der Waals surface area contributed by atoms with Crippen LogP contribution >= 0.6 is 0 Å². The number of hydrogen-bond acceptors (Lipinski definition) is 6. The van der Waals surface area contributed by atoms with E-state index in [1.54, 1.807) is 0 Å². The number of nitrogens with one attached hydrogen (secondary N) is 1. The Labute approximate surface area is 166 Å². The van der Waals surface area contributed by atoms with Crippen molar-refractivity contribution in [2.75, 3.05) is 41.3 Å². The molecule has 7 heteroatoms. The van der Waals surface area contributed by atoms with Crippen molar-refractivity contribution in [3.8, 4) is 0 Å². The molecule has 2 aliphatic heterocycles. The van der Waals surface area contributed by atoms with Crippen molar-refractivity contribution in [1.29, 1.82) is 0 Å². The molecule has 1 aromatic carbocycles. The molecule has 150 valence electrons. The van der Waals surface area contributed by atoms with Crippen LogP contribution in [0, 0.1) is 0 Å². The van der Waals surface area contributed by atoms with Gasteiger partial charge < -0.3 is 20.9 Å². The summed E-state index contributed by atoms with van der Waals surface area (Å²) >= 11 is 0. The molecule has 0 saturated carbocycles. The maximum atomic E-state index is 13.6. The Bertz CT molecular complexity index is 796. The van der Waals surface area contributed by atoms with E-state index in [0.717, 1.165) is 49.4 Å². The van der Waals surface area contributed by atoms with E-state index in [9.17, 15) is 4.39 Å². The highest BCUT2D eigenvalue weighted by Gasteiger charge is 2.25. The summed E-state index contributed by atoms with van der Waals surface area (Å²) < 4.78 is 13.6. The second kappa shape index (κ2) is 8.31. The number of alkyl halides is 1. The van der Waals surface area contributed by atoms with E-state index in [2.05, 4.69) is 39.2 Å². The molecule has 2 saturated heterocycles. The molecule has 1 aromatic heterocycles. The molecule has 3 N–H and O–H groups in total. The summed E-state index contributed by atoms with van der Waals surface area (Å²) in [5, 5.41) is 3.28. The van der Waals surface area contributed by atoms with Crippen LogP contribution in [-0.2, 0) is 6.42 Å². The minimum absolute atomic E-state index is 0.255. The minimum atomic E-state index is -0.772. The van der Waals surface area contributed by atoms with Gasteiger partial charge in [0.05, 0.1) is 6.54 Å². The summed E-state index contributed by atoms with van der Waals surface area (Å²) in [5.41, 5.74) is 9.27. The van der Waals surface area contributed by atoms with Crippen LogP contribution in [0.25, 0.3) is 0 Å². The smallest absolute Gasteiger partial charge is 0.229 e. The van der Waals surface area contributed by atoms with Gasteiger partial charge in [-0.1, -0.05) is 6.92 Å². The van der Waals surface area contributed by atoms with E-state index < -0.39 is 6.17 Å². The molecule has 4 rings (SSSR count). The zero-order valence-corrected chi connectivity index (χ0v) is 16.4. The van der Waals surface area contributed by atoms with Gasteiger partial charge in [0.15, 0.2) is 0 Å². The lowest BCUT2D eigenvalue weighted by atomic mass is 10.1. The van der Waals surface area contributed by atoms with Gasteiger partial charge in [-0.25, -0.2) is 9.37 Å². The molecule has 0 amide bonds. The fourth-order valence-corrected chi connectivity index (χ4v) is 4.02. The molecular weight excluding hydrogens is 355 g/mol. The van der Waals surface area contributed by atoms with E-state index >= 15 is 0 Å². The summed E-state index contributed by atoms with van der Waals surface area (Å²) in [7, 11) is 0. The largest absolute Gasteiger partial charge is 0.370 e. The maximum Gasteiger partial charge on any atom is 0.229 e. The molecule has 2 atom stereocenters. The second-order valence-corrected chi connectivity index (χ2v) is 7.75. The number of halogens is 1. The Kier molecular flexibility index (Phi) is 5.62. The van der Waals surface area contributed by atoms with Crippen LogP contribution in [0.4, 0.5) is 27.5 Å². The fourth-order valence-electron chi connectivity index (χ4n) is 4.02. The summed E-state index contributed by atoms with van der Waals surface area (Å²) in [6.45, 7) is 5.15. The highest BCUT2D eigenvalue weighted by Crippen LogP contribution is 2.27. The summed E-state index contributed by atoms with van der Waals surface area (Å²) in [4.78, 5) is 13.5. The Morgan fingerprint density at radius 3 is 2.64 bits per heavy atom. The van der Waals surface area contributed by atoms with Gasteiger partial charge in [0.2, 0.25) is 5.95 Å². The number of benzene rings is 1. The van der Waals surface area contributed by atoms with Crippen LogP contribution in [0.1, 0.15) is 31.7 Å². The molecule has 2 aromatic rings. The molecule has 3 heterocycles. The Morgan fingerprint density at radius 1 is 1.14 bits per heavy atom. The first kappa shape index (κ1) is 18.9. The van der Waals surface area contributed by atoms with E-state index in [1.807, 2.05) is 23.2 Å². The Morgan fingerprint density at radius 2 is 1.96 bits per heavy atom. The number of nitrogens with zero attached hydrogens (tertiary/aromatic N) is 4. The van der Waals surface area contributed by atoms with E-state index in [0.29, 0.717) is 25.5 Å². The SMILES string of the molecule is CCc1cnc(Nc2ccc(N3CCCC(N)C3)cc2)nc1N1CCC(F)C1. The maximum absolute atomic E-state index is 13.6.